The van der Waals surface area contributed by atoms with Gasteiger partial charge in [-0.25, -0.2) is 0 Å². The highest BCUT2D eigenvalue weighted by atomic mass is 35.5. The first-order valence-corrected chi connectivity index (χ1v) is 5.16. The Morgan fingerprint density at radius 2 is 2.12 bits per heavy atom. The number of nitrogens with two attached hydrogens (primary N) is 1. The minimum absolute atomic E-state index is 0.0865. The summed E-state index contributed by atoms with van der Waals surface area (Å²) in [6.07, 6.45) is 0. The molecule has 5 heteroatoms. The third-order valence-electron chi connectivity index (χ3n) is 2.51. The minimum atomic E-state index is 0.0865. The summed E-state index contributed by atoms with van der Waals surface area (Å²) in [4.78, 5) is 0. The van der Waals surface area contributed by atoms with Gasteiger partial charge in [0.1, 0.15) is 11.6 Å². The van der Waals surface area contributed by atoms with E-state index in [1.165, 1.54) is 0 Å². The third-order valence-corrected chi connectivity index (χ3v) is 2.89. The molecule has 1 aromatic carbocycles. The number of anilines is 1. The molecule has 0 amide bonds. The second kappa shape index (κ2) is 3.72. The van der Waals surface area contributed by atoms with Crippen molar-refractivity contribution in [3.63, 3.8) is 0 Å². The van der Waals surface area contributed by atoms with Gasteiger partial charge in [-0.3, -0.25) is 4.68 Å². The molecule has 0 aliphatic rings. The fourth-order valence-corrected chi connectivity index (χ4v) is 1.78. The number of rotatable bonds is 1. The lowest BCUT2D eigenvalue weighted by Gasteiger charge is -2.05. The van der Waals surface area contributed by atoms with Gasteiger partial charge in [0.25, 0.3) is 0 Å². The number of aromatic hydroxyl groups is 1. The lowest BCUT2D eigenvalue weighted by atomic mass is 10.1. The van der Waals surface area contributed by atoms with Crippen molar-refractivity contribution in [1.82, 2.24) is 9.78 Å². The Labute approximate surface area is 98.3 Å². The molecule has 0 unspecified atom stereocenters. The number of nitrogen functional groups attached to an aromatic ring is 1. The van der Waals surface area contributed by atoms with E-state index in [0.29, 0.717) is 22.1 Å². The Hall–Kier alpha value is -1.68. The molecule has 2 rings (SSSR count). The predicted octanol–water partition coefficient (Wildman–Crippen LogP) is 2.34. The molecule has 0 fully saturated rings. The summed E-state index contributed by atoms with van der Waals surface area (Å²) in [6.45, 7) is 1.79. The van der Waals surface area contributed by atoms with Gasteiger partial charge < -0.3 is 10.8 Å². The summed E-state index contributed by atoms with van der Waals surface area (Å²) in [5, 5.41) is 14.2. The van der Waals surface area contributed by atoms with Gasteiger partial charge in [0.2, 0.25) is 0 Å². The zero-order valence-electron chi connectivity index (χ0n) is 9.03. The maximum Gasteiger partial charge on any atom is 0.137 e. The number of benzene rings is 1. The highest BCUT2D eigenvalue weighted by Gasteiger charge is 2.13. The van der Waals surface area contributed by atoms with Crippen molar-refractivity contribution in [2.24, 2.45) is 7.05 Å². The largest absolute Gasteiger partial charge is 0.506 e. The molecule has 1 heterocycles. The number of phenols is 1. The number of hydrogen-bond acceptors (Lipinski definition) is 3. The molecule has 4 nitrogen and oxygen atoms in total. The van der Waals surface area contributed by atoms with Crippen LogP contribution < -0.4 is 5.73 Å². The van der Waals surface area contributed by atoms with Crippen LogP contribution in [0.3, 0.4) is 0 Å². The van der Waals surface area contributed by atoms with Crippen LogP contribution in [-0.2, 0) is 7.05 Å². The molecular formula is C11H12ClN3O. The van der Waals surface area contributed by atoms with Crippen LogP contribution >= 0.6 is 11.6 Å². The van der Waals surface area contributed by atoms with Crippen molar-refractivity contribution in [1.29, 1.82) is 0 Å². The van der Waals surface area contributed by atoms with E-state index in [2.05, 4.69) is 5.10 Å². The van der Waals surface area contributed by atoms with Gasteiger partial charge in [-0.2, -0.15) is 5.10 Å². The average molecular weight is 238 g/mol. The van der Waals surface area contributed by atoms with Gasteiger partial charge in [-0.05, 0) is 12.5 Å². The van der Waals surface area contributed by atoms with Crippen molar-refractivity contribution in [3.05, 3.63) is 28.8 Å². The van der Waals surface area contributed by atoms with Crippen molar-refractivity contribution < 1.29 is 5.11 Å². The van der Waals surface area contributed by atoms with Crippen LogP contribution in [0.15, 0.2) is 18.2 Å². The zero-order valence-corrected chi connectivity index (χ0v) is 9.78. The molecule has 0 radical (unpaired) electrons. The SMILES string of the molecule is Cc1ccc(-c2cc(N)n(C)n2)c(Cl)c1O. The van der Waals surface area contributed by atoms with Gasteiger partial charge >= 0.3 is 0 Å². The van der Waals surface area contributed by atoms with Crippen LogP contribution in [0, 0.1) is 6.92 Å². The highest BCUT2D eigenvalue weighted by molar-refractivity contribution is 6.34. The molecule has 0 bridgehead atoms. The van der Waals surface area contributed by atoms with Gasteiger partial charge in [0, 0.05) is 18.7 Å². The zero-order chi connectivity index (χ0) is 11.9. The molecule has 0 aliphatic carbocycles. The number of hydrogen-bond donors (Lipinski definition) is 2. The Balaban J connectivity index is 2.61. The molecule has 0 atom stereocenters. The van der Waals surface area contributed by atoms with E-state index < -0.39 is 0 Å². The Morgan fingerprint density at radius 3 is 2.69 bits per heavy atom. The summed E-state index contributed by atoms with van der Waals surface area (Å²) < 4.78 is 1.56. The van der Waals surface area contributed by atoms with Crippen LogP contribution in [0.4, 0.5) is 5.82 Å². The van der Waals surface area contributed by atoms with Crippen LogP contribution in [-0.4, -0.2) is 14.9 Å². The first-order valence-electron chi connectivity index (χ1n) is 4.78. The highest BCUT2D eigenvalue weighted by Crippen LogP contribution is 2.36. The van der Waals surface area contributed by atoms with Crippen LogP contribution in [0.25, 0.3) is 11.3 Å². The fourth-order valence-electron chi connectivity index (χ4n) is 1.47. The van der Waals surface area contributed by atoms with Crippen LogP contribution in [0.1, 0.15) is 5.56 Å². The first kappa shape index (κ1) is 10.8. The summed E-state index contributed by atoms with van der Waals surface area (Å²) in [5.41, 5.74) is 7.76. The Bertz CT molecular complexity index is 529. The normalized spacial score (nSPS) is 10.7. The average Bonchev–Trinajstić information content (AvgIpc) is 2.56. The van der Waals surface area contributed by atoms with E-state index in [1.807, 2.05) is 6.07 Å². The van der Waals surface area contributed by atoms with Gasteiger partial charge in [0.15, 0.2) is 0 Å². The molecule has 3 N–H and O–H groups in total. The van der Waals surface area contributed by atoms with Crippen molar-refractivity contribution >= 4 is 17.4 Å². The van der Waals surface area contributed by atoms with Gasteiger partial charge in [-0.1, -0.05) is 23.7 Å². The molecule has 16 heavy (non-hydrogen) atoms. The maximum absolute atomic E-state index is 9.73. The second-order valence-electron chi connectivity index (χ2n) is 3.67. The molecule has 2 aromatic rings. The van der Waals surface area contributed by atoms with Gasteiger partial charge in [-0.15, -0.1) is 0 Å². The Kier molecular flexibility index (Phi) is 2.52. The quantitative estimate of drug-likeness (QED) is 0.800. The van der Waals surface area contributed by atoms with E-state index >= 15 is 0 Å². The molecule has 0 saturated carbocycles. The van der Waals surface area contributed by atoms with E-state index in [-0.39, 0.29) is 5.75 Å². The van der Waals surface area contributed by atoms with Gasteiger partial charge in [0.05, 0.1) is 10.7 Å². The number of nitrogens with zero attached hydrogens (tertiary/aromatic N) is 2. The van der Waals surface area contributed by atoms with Crippen molar-refractivity contribution in [3.8, 4) is 17.0 Å². The lowest BCUT2D eigenvalue weighted by Crippen LogP contribution is -1.96. The van der Waals surface area contributed by atoms with Crippen molar-refractivity contribution in [2.75, 3.05) is 5.73 Å². The number of phenolic OH excluding ortho intramolecular Hbond substituents is 1. The standard InChI is InChI=1S/C11H12ClN3O/c1-6-3-4-7(10(12)11(6)16)8-5-9(13)15(2)14-8/h3-5,16H,13H2,1-2H3. The molecule has 0 spiro atoms. The van der Waals surface area contributed by atoms with Crippen LogP contribution in [0.5, 0.6) is 5.75 Å². The van der Waals surface area contributed by atoms with Crippen LogP contribution in [0.2, 0.25) is 5.02 Å². The summed E-state index contributed by atoms with van der Waals surface area (Å²) in [7, 11) is 1.75. The van der Waals surface area contributed by atoms with E-state index in [0.717, 1.165) is 5.56 Å². The van der Waals surface area contributed by atoms with Crippen molar-refractivity contribution in [2.45, 2.75) is 6.92 Å². The number of aromatic nitrogens is 2. The molecule has 0 saturated heterocycles. The smallest absolute Gasteiger partial charge is 0.137 e. The summed E-state index contributed by atoms with van der Waals surface area (Å²) in [5.74, 6) is 0.634. The number of halogens is 1. The molecule has 1 aromatic heterocycles. The monoisotopic (exact) mass is 237 g/mol. The van der Waals surface area contributed by atoms with E-state index in [1.54, 1.807) is 30.8 Å². The Morgan fingerprint density at radius 1 is 1.44 bits per heavy atom. The summed E-state index contributed by atoms with van der Waals surface area (Å²) >= 11 is 6.05. The fraction of sp³-hybridized carbons (Fsp3) is 0.182. The van der Waals surface area contributed by atoms with E-state index in [9.17, 15) is 5.11 Å². The number of aryl methyl sites for hydroxylation is 2. The first-order chi connectivity index (χ1) is 7.50. The molecular weight excluding hydrogens is 226 g/mol. The topological polar surface area (TPSA) is 64.1 Å². The lowest BCUT2D eigenvalue weighted by molar-refractivity contribution is 0.471. The minimum Gasteiger partial charge on any atom is -0.506 e. The summed E-state index contributed by atoms with van der Waals surface area (Å²) in [6, 6.07) is 5.33. The molecule has 0 aliphatic heterocycles. The second-order valence-corrected chi connectivity index (χ2v) is 4.05. The third kappa shape index (κ3) is 1.61. The van der Waals surface area contributed by atoms with E-state index in [4.69, 9.17) is 17.3 Å². The maximum atomic E-state index is 9.73. The predicted molar refractivity (Wildman–Crippen MR) is 64.5 cm³/mol. The molecule has 84 valence electrons.